The van der Waals surface area contributed by atoms with Crippen LogP contribution in [-0.4, -0.2) is 54.6 Å². The van der Waals surface area contributed by atoms with Gasteiger partial charge in [0.05, 0.1) is 17.7 Å². The van der Waals surface area contributed by atoms with Gasteiger partial charge in [-0.3, -0.25) is 4.90 Å². The van der Waals surface area contributed by atoms with E-state index in [2.05, 4.69) is 73.2 Å². The molecule has 4 rings (SSSR count). The number of para-hydroxylation sites is 1. The number of ether oxygens (including phenoxy) is 2. The summed E-state index contributed by atoms with van der Waals surface area (Å²) in [7, 11) is 2.12. The van der Waals surface area contributed by atoms with Crippen molar-refractivity contribution in [1.82, 2.24) is 14.8 Å². The Morgan fingerprint density at radius 2 is 1.78 bits per heavy atom. The molecule has 0 bridgehead atoms. The first kappa shape index (κ1) is 22.5. The third kappa shape index (κ3) is 5.36. The van der Waals surface area contributed by atoms with E-state index in [4.69, 9.17) is 14.5 Å². The molecule has 1 aromatic heterocycles. The van der Waals surface area contributed by atoms with Crippen molar-refractivity contribution in [3.05, 3.63) is 83.6 Å². The summed E-state index contributed by atoms with van der Waals surface area (Å²) in [5.74, 6) is 0.804. The van der Waals surface area contributed by atoms with Crippen molar-refractivity contribution in [2.24, 2.45) is 0 Å². The Hall–Kier alpha value is -2.73. The molecule has 0 aliphatic carbocycles. The van der Waals surface area contributed by atoms with Crippen LogP contribution in [0.2, 0.25) is 0 Å². The lowest BCUT2D eigenvalue weighted by Gasteiger charge is -2.20. The van der Waals surface area contributed by atoms with Gasteiger partial charge in [-0.2, -0.15) is 0 Å². The van der Waals surface area contributed by atoms with Crippen molar-refractivity contribution in [3.8, 4) is 0 Å². The number of fused-ring (bicyclic) bond motifs is 2. The van der Waals surface area contributed by atoms with Gasteiger partial charge in [-0.25, -0.2) is 4.98 Å². The lowest BCUT2D eigenvalue weighted by atomic mass is 10.1. The number of rotatable bonds is 10. The first-order valence-corrected chi connectivity index (χ1v) is 11.5. The van der Waals surface area contributed by atoms with E-state index < -0.39 is 6.29 Å². The van der Waals surface area contributed by atoms with Crippen molar-refractivity contribution in [2.75, 3.05) is 39.8 Å². The monoisotopic (exact) mass is 431 g/mol. The minimum absolute atomic E-state index is 0.414. The Kier molecular flexibility index (Phi) is 7.53. The Balaban J connectivity index is 1.51. The molecule has 0 radical (unpaired) electrons. The number of aromatic nitrogens is 1. The molecule has 5 nitrogen and oxygen atoms in total. The van der Waals surface area contributed by atoms with Gasteiger partial charge in [0.15, 0.2) is 0 Å². The van der Waals surface area contributed by atoms with Crippen LogP contribution in [-0.2, 0) is 16.0 Å². The summed E-state index contributed by atoms with van der Waals surface area (Å²) in [4.78, 5) is 9.54. The van der Waals surface area contributed by atoms with Gasteiger partial charge in [0.25, 0.3) is 0 Å². The summed E-state index contributed by atoms with van der Waals surface area (Å²) < 4.78 is 12.5. The maximum atomic E-state index is 6.28. The van der Waals surface area contributed by atoms with Gasteiger partial charge in [0.1, 0.15) is 11.5 Å². The molecule has 0 saturated carbocycles. The maximum absolute atomic E-state index is 6.28. The normalized spacial score (nSPS) is 16.8. The van der Waals surface area contributed by atoms with Crippen molar-refractivity contribution < 1.29 is 9.47 Å². The van der Waals surface area contributed by atoms with Crippen LogP contribution < -0.4 is 0 Å². The Morgan fingerprint density at radius 3 is 2.56 bits per heavy atom. The van der Waals surface area contributed by atoms with Gasteiger partial charge in [0, 0.05) is 25.0 Å². The predicted octanol–water partition coefficient (Wildman–Crippen LogP) is 5.09. The number of hydrogen-bond donors (Lipinski definition) is 0. The smallest absolute Gasteiger partial charge is 0.229 e. The highest BCUT2D eigenvalue weighted by molar-refractivity contribution is 5.82. The predicted molar refractivity (Wildman–Crippen MR) is 130 cm³/mol. The highest BCUT2D eigenvalue weighted by atomic mass is 16.7. The second kappa shape index (κ2) is 10.7. The highest BCUT2D eigenvalue weighted by Crippen LogP contribution is 2.39. The molecule has 3 aromatic rings. The molecular formula is C27H33N3O2. The van der Waals surface area contributed by atoms with E-state index in [1.165, 1.54) is 5.56 Å². The van der Waals surface area contributed by atoms with Crippen molar-refractivity contribution in [1.29, 1.82) is 0 Å². The van der Waals surface area contributed by atoms with E-state index in [0.717, 1.165) is 60.6 Å². The largest absolute Gasteiger partial charge is 0.459 e. The summed E-state index contributed by atoms with van der Waals surface area (Å²) in [6.07, 6.45) is 1.71. The molecule has 0 fully saturated rings. The second-order valence-corrected chi connectivity index (χ2v) is 8.22. The van der Waals surface area contributed by atoms with Crippen LogP contribution in [0, 0.1) is 0 Å². The number of benzene rings is 2. The summed E-state index contributed by atoms with van der Waals surface area (Å²) in [6.45, 7) is 9.56. The molecule has 5 heteroatoms. The fourth-order valence-corrected chi connectivity index (χ4v) is 4.04. The van der Waals surface area contributed by atoms with Gasteiger partial charge >= 0.3 is 0 Å². The van der Waals surface area contributed by atoms with Crippen molar-refractivity contribution in [3.63, 3.8) is 0 Å². The minimum atomic E-state index is -0.414. The van der Waals surface area contributed by atoms with Gasteiger partial charge in [-0.05, 0) is 43.9 Å². The molecule has 1 aliphatic heterocycles. The number of likely N-dealkylation sites (N-methyl/N-ethyl adjacent to an activating group) is 2. The molecule has 168 valence electrons. The van der Waals surface area contributed by atoms with Gasteiger partial charge in [0.2, 0.25) is 6.29 Å². The number of nitrogens with zero attached hydrogens (tertiary/aromatic N) is 3. The van der Waals surface area contributed by atoms with Crippen LogP contribution in [0.25, 0.3) is 16.7 Å². The number of hydrogen-bond acceptors (Lipinski definition) is 5. The van der Waals surface area contributed by atoms with Crippen LogP contribution in [0.3, 0.4) is 0 Å². The van der Waals surface area contributed by atoms with Crippen LogP contribution >= 0.6 is 0 Å². The molecule has 2 heterocycles. The molecule has 1 aliphatic rings. The first-order chi connectivity index (χ1) is 15.7. The third-order valence-corrected chi connectivity index (χ3v) is 5.93. The molecule has 1 atom stereocenters. The van der Waals surface area contributed by atoms with Crippen LogP contribution in [0.5, 0.6) is 0 Å². The average Bonchev–Trinajstić information content (AvgIpc) is 3.16. The molecule has 1 unspecified atom stereocenters. The quantitative estimate of drug-likeness (QED) is 0.447. The second-order valence-electron chi connectivity index (χ2n) is 8.22. The lowest BCUT2D eigenvalue weighted by Crippen LogP contribution is -2.27. The van der Waals surface area contributed by atoms with Gasteiger partial charge < -0.3 is 14.4 Å². The zero-order chi connectivity index (χ0) is 22.3. The molecular weight excluding hydrogens is 398 g/mol. The summed E-state index contributed by atoms with van der Waals surface area (Å²) in [5.41, 5.74) is 4.18. The molecule has 0 saturated heterocycles. The lowest BCUT2D eigenvalue weighted by molar-refractivity contribution is -0.0953. The van der Waals surface area contributed by atoms with E-state index in [-0.39, 0.29) is 0 Å². The van der Waals surface area contributed by atoms with Crippen LogP contribution in [0.4, 0.5) is 0 Å². The Labute approximate surface area is 191 Å². The highest BCUT2D eigenvalue weighted by Gasteiger charge is 2.31. The molecule has 2 aromatic carbocycles. The first-order valence-electron chi connectivity index (χ1n) is 11.5. The SMILES string of the molecule is CCN(CC)CCOC1O/C(=C\CN(C)Cc2ccccc2)c2nc3ccccc3cc21. The minimum Gasteiger partial charge on any atom is -0.459 e. The fourth-order valence-electron chi connectivity index (χ4n) is 4.04. The van der Waals surface area contributed by atoms with Gasteiger partial charge in [-0.15, -0.1) is 0 Å². The molecule has 0 spiro atoms. The summed E-state index contributed by atoms with van der Waals surface area (Å²) in [5, 5.41) is 1.11. The summed E-state index contributed by atoms with van der Waals surface area (Å²) >= 11 is 0. The van der Waals surface area contributed by atoms with E-state index in [1.807, 2.05) is 24.3 Å². The van der Waals surface area contributed by atoms with Crippen LogP contribution in [0.1, 0.15) is 37.0 Å². The van der Waals surface area contributed by atoms with E-state index in [9.17, 15) is 0 Å². The zero-order valence-corrected chi connectivity index (χ0v) is 19.3. The number of pyridine rings is 1. The standard InChI is InChI=1S/C27H33N3O2/c1-4-30(5-2)17-18-31-27-23-19-22-13-9-10-14-24(22)28-26(23)25(32-27)15-16-29(3)20-21-11-7-6-8-12-21/h6-15,19,27H,4-5,16-18,20H2,1-3H3/b25-15-. The Morgan fingerprint density at radius 1 is 1.03 bits per heavy atom. The van der Waals surface area contributed by atoms with Gasteiger partial charge in [-0.1, -0.05) is 62.4 Å². The topological polar surface area (TPSA) is 37.8 Å². The third-order valence-electron chi connectivity index (χ3n) is 5.93. The van der Waals surface area contributed by atoms with Crippen molar-refractivity contribution in [2.45, 2.75) is 26.7 Å². The van der Waals surface area contributed by atoms with Crippen LogP contribution in [0.15, 0.2) is 66.7 Å². The van der Waals surface area contributed by atoms with E-state index >= 15 is 0 Å². The zero-order valence-electron chi connectivity index (χ0n) is 19.3. The summed E-state index contributed by atoms with van der Waals surface area (Å²) in [6, 6.07) is 20.9. The van der Waals surface area contributed by atoms with E-state index in [1.54, 1.807) is 0 Å². The maximum Gasteiger partial charge on any atom is 0.229 e. The Bertz CT molecular complexity index is 1050. The fraction of sp³-hybridized carbons (Fsp3) is 0.370. The molecule has 0 amide bonds. The molecule has 0 N–H and O–H groups in total. The van der Waals surface area contributed by atoms with Crippen molar-refractivity contribution >= 4 is 16.7 Å². The average molecular weight is 432 g/mol. The molecule has 32 heavy (non-hydrogen) atoms. The van der Waals surface area contributed by atoms with E-state index in [0.29, 0.717) is 6.61 Å².